The molecule has 0 radical (unpaired) electrons. The van der Waals surface area contributed by atoms with Crippen LogP contribution in [0.15, 0.2) is 18.3 Å². The summed E-state index contributed by atoms with van der Waals surface area (Å²) < 4.78 is 5.03. The van der Waals surface area contributed by atoms with Crippen molar-refractivity contribution in [3.8, 4) is 17.7 Å². The Bertz CT molecular complexity index is 798. The first-order valence-corrected chi connectivity index (χ1v) is 9.15. The lowest BCUT2D eigenvalue weighted by atomic mass is 10.0. The highest BCUT2D eigenvalue weighted by atomic mass is 35.5. The Morgan fingerprint density at radius 1 is 1.33 bits per heavy atom. The van der Waals surface area contributed by atoms with Gasteiger partial charge in [-0.15, -0.1) is 0 Å². The van der Waals surface area contributed by atoms with Gasteiger partial charge in [0.1, 0.15) is 11.4 Å². The number of methoxy groups -OCH3 is 1. The number of halogens is 1. The molecular weight excluding hydrogens is 366 g/mol. The van der Waals surface area contributed by atoms with Crippen LogP contribution in [0.4, 0.5) is 11.8 Å². The Kier molecular flexibility index (Phi) is 8.11. The highest BCUT2D eigenvalue weighted by molar-refractivity contribution is 6.31. The molecule has 0 saturated carbocycles. The van der Waals surface area contributed by atoms with E-state index in [4.69, 9.17) is 22.1 Å². The number of aromatic nitrogens is 3. The van der Waals surface area contributed by atoms with Gasteiger partial charge in [0.15, 0.2) is 5.15 Å². The van der Waals surface area contributed by atoms with E-state index < -0.39 is 0 Å². The Labute approximate surface area is 164 Å². The van der Waals surface area contributed by atoms with Crippen LogP contribution in [0.1, 0.15) is 37.3 Å². The molecule has 1 atom stereocenters. The molecule has 0 aliphatic rings. The molecule has 2 heterocycles. The van der Waals surface area contributed by atoms with E-state index >= 15 is 0 Å². The first-order chi connectivity index (χ1) is 13.1. The predicted molar refractivity (Wildman–Crippen MR) is 107 cm³/mol. The highest BCUT2D eigenvalue weighted by Gasteiger charge is 2.11. The van der Waals surface area contributed by atoms with Crippen molar-refractivity contribution in [3.05, 3.63) is 34.6 Å². The van der Waals surface area contributed by atoms with Gasteiger partial charge in [-0.25, -0.2) is 4.98 Å². The Balaban J connectivity index is 2.12. The number of rotatable bonds is 8. The van der Waals surface area contributed by atoms with Gasteiger partial charge in [0.2, 0.25) is 11.8 Å². The lowest BCUT2D eigenvalue weighted by Crippen LogP contribution is -2.11. The van der Waals surface area contributed by atoms with Gasteiger partial charge in [0.05, 0.1) is 7.11 Å². The number of aliphatic hydroxyl groups excluding tert-OH is 1. The number of hydrogen-bond acceptors (Lipinski definition) is 7. The molecule has 0 bridgehead atoms. The summed E-state index contributed by atoms with van der Waals surface area (Å²) in [5.74, 6) is 7.40. The minimum absolute atomic E-state index is 0.0842. The third-order valence-electron chi connectivity index (χ3n) is 4.08. The summed E-state index contributed by atoms with van der Waals surface area (Å²) in [7, 11) is 1.56. The second-order valence-electron chi connectivity index (χ2n) is 5.96. The molecule has 2 rings (SSSR count). The van der Waals surface area contributed by atoms with Gasteiger partial charge in [-0.3, -0.25) is 0 Å². The van der Waals surface area contributed by atoms with Crippen LogP contribution < -0.4 is 15.8 Å². The van der Waals surface area contributed by atoms with E-state index in [0.717, 1.165) is 19.3 Å². The van der Waals surface area contributed by atoms with Crippen LogP contribution >= 0.6 is 11.6 Å². The minimum Gasteiger partial charge on any atom is -0.481 e. The second-order valence-corrected chi connectivity index (χ2v) is 6.32. The van der Waals surface area contributed by atoms with E-state index in [1.807, 2.05) is 0 Å². The van der Waals surface area contributed by atoms with Gasteiger partial charge >= 0.3 is 0 Å². The zero-order valence-corrected chi connectivity index (χ0v) is 16.3. The standard InChI is InChI=1S/C19H24ClN5O2/c1-3-13(12-26)5-4-10-22-18-15(17(20)24-19(21)25-18)8-6-14-7-9-16(27-2)23-11-14/h7,9,11,13,26H,3-5,10,12H2,1-2H3,(H3,21,22,24,25). The molecular formula is C19H24ClN5O2. The molecule has 0 saturated heterocycles. The van der Waals surface area contributed by atoms with Gasteiger partial charge in [0, 0.05) is 31.0 Å². The molecule has 1 unspecified atom stereocenters. The van der Waals surface area contributed by atoms with Gasteiger partial charge in [-0.1, -0.05) is 36.8 Å². The van der Waals surface area contributed by atoms with Crippen LogP contribution in [-0.2, 0) is 0 Å². The summed E-state index contributed by atoms with van der Waals surface area (Å²) in [5.41, 5.74) is 6.91. The number of nitrogen functional groups attached to an aromatic ring is 1. The number of ether oxygens (including phenoxy) is 1. The van der Waals surface area contributed by atoms with Crippen molar-refractivity contribution in [2.45, 2.75) is 26.2 Å². The van der Waals surface area contributed by atoms with Crippen molar-refractivity contribution in [1.82, 2.24) is 15.0 Å². The molecule has 0 fully saturated rings. The largest absolute Gasteiger partial charge is 0.481 e. The van der Waals surface area contributed by atoms with E-state index in [2.05, 4.69) is 39.0 Å². The van der Waals surface area contributed by atoms with Crippen molar-refractivity contribution in [3.63, 3.8) is 0 Å². The van der Waals surface area contributed by atoms with Crippen molar-refractivity contribution in [2.24, 2.45) is 5.92 Å². The van der Waals surface area contributed by atoms with Crippen molar-refractivity contribution >= 4 is 23.4 Å². The van der Waals surface area contributed by atoms with E-state index in [9.17, 15) is 5.11 Å². The van der Waals surface area contributed by atoms with E-state index in [1.54, 1.807) is 25.4 Å². The summed E-state index contributed by atoms with van der Waals surface area (Å²) in [6.45, 7) is 2.94. The number of anilines is 2. The summed E-state index contributed by atoms with van der Waals surface area (Å²) in [6, 6.07) is 3.54. The zero-order chi connectivity index (χ0) is 19.6. The first-order valence-electron chi connectivity index (χ1n) is 8.77. The van der Waals surface area contributed by atoms with Gasteiger partial charge in [-0.2, -0.15) is 9.97 Å². The second kappa shape index (κ2) is 10.6. The quantitative estimate of drug-likeness (QED) is 0.362. The van der Waals surface area contributed by atoms with Crippen LogP contribution in [0.3, 0.4) is 0 Å². The van der Waals surface area contributed by atoms with Crippen LogP contribution in [0.2, 0.25) is 5.15 Å². The molecule has 27 heavy (non-hydrogen) atoms. The third-order valence-corrected chi connectivity index (χ3v) is 4.35. The molecule has 8 heteroatoms. The number of nitrogens with one attached hydrogen (secondary N) is 1. The molecule has 0 aromatic carbocycles. The maximum Gasteiger partial charge on any atom is 0.223 e. The predicted octanol–water partition coefficient (Wildman–Crippen LogP) is 2.73. The lowest BCUT2D eigenvalue weighted by molar-refractivity contribution is 0.213. The SMILES string of the molecule is CCC(CO)CCCNc1nc(N)nc(Cl)c1C#Cc1ccc(OC)nc1. The van der Waals surface area contributed by atoms with Gasteiger partial charge in [0.25, 0.3) is 0 Å². The third kappa shape index (κ3) is 6.27. The normalized spacial score (nSPS) is 11.4. The molecule has 2 aromatic heterocycles. The fourth-order valence-electron chi connectivity index (χ4n) is 2.42. The van der Waals surface area contributed by atoms with Crippen LogP contribution in [0.25, 0.3) is 0 Å². The van der Waals surface area contributed by atoms with E-state index in [1.165, 1.54) is 0 Å². The van der Waals surface area contributed by atoms with Gasteiger partial charge < -0.3 is 20.9 Å². The smallest absolute Gasteiger partial charge is 0.223 e. The molecule has 4 N–H and O–H groups in total. The number of nitrogens with zero attached hydrogens (tertiary/aromatic N) is 3. The molecule has 2 aromatic rings. The summed E-state index contributed by atoms with van der Waals surface area (Å²) in [5, 5.41) is 12.7. The first kappa shape index (κ1) is 20.7. The Morgan fingerprint density at radius 3 is 2.78 bits per heavy atom. The van der Waals surface area contributed by atoms with Crippen molar-refractivity contribution in [1.29, 1.82) is 0 Å². The summed E-state index contributed by atoms with van der Waals surface area (Å²) in [6.07, 6.45) is 4.38. The van der Waals surface area contributed by atoms with Crippen molar-refractivity contribution in [2.75, 3.05) is 31.3 Å². The van der Waals surface area contributed by atoms with Crippen LogP contribution in [0.5, 0.6) is 5.88 Å². The van der Waals surface area contributed by atoms with E-state index in [-0.39, 0.29) is 17.7 Å². The molecule has 0 amide bonds. The number of hydrogen-bond donors (Lipinski definition) is 3. The molecule has 144 valence electrons. The molecule has 0 spiro atoms. The van der Waals surface area contributed by atoms with Gasteiger partial charge in [-0.05, 0) is 24.8 Å². The highest BCUT2D eigenvalue weighted by Crippen LogP contribution is 2.21. The van der Waals surface area contributed by atoms with Crippen LogP contribution in [0, 0.1) is 17.8 Å². The summed E-state index contributed by atoms with van der Waals surface area (Å²) >= 11 is 6.21. The molecule has 7 nitrogen and oxygen atoms in total. The Morgan fingerprint density at radius 2 is 2.15 bits per heavy atom. The number of pyridine rings is 1. The molecule has 0 aliphatic carbocycles. The zero-order valence-electron chi connectivity index (χ0n) is 15.5. The fraction of sp³-hybridized carbons (Fsp3) is 0.421. The Hall–Kier alpha value is -2.56. The maximum atomic E-state index is 9.26. The number of aliphatic hydroxyl groups is 1. The van der Waals surface area contributed by atoms with Crippen LogP contribution in [-0.4, -0.2) is 40.3 Å². The number of nitrogens with two attached hydrogens (primary N) is 1. The average Bonchev–Trinajstić information content (AvgIpc) is 2.67. The fourth-order valence-corrected chi connectivity index (χ4v) is 2.64. The lowest BCUT2D eigenvalue weighted by Gasteiger charge is -2.12. The minimum atomic E-state index is 0.0842. The van der Waals surface area contributed by atoms with Crippen molar-refractivity contribution < 1.29 is 9.84 Å². The maximum absolute atomic E-state index is 9.26. The average molecular weight is 390 g/mol. The monoisotopic (exact) mass is 389 g/mol. The molecule has 0 aliphatic heterocycles. The summed E-state index contributed by atoms with van der Waals surface area (Å²) in [4.78, 5) is 12.3. The topological polar surface area (TPSA) is 106 Å². The van der Waals surface area contributed by atoms with E-state index in [0.29, 0.717) is 35.3 Å².